The molecular weight excluding hydrogens is 212 g/mol. The molecule has 0 saturated carbocycles. The second-order valence-corrected chi connectivity index (χ2v) is 3.83. The Bertz CT molecular complexity index is 262. The molecule has 1 rings (SSSR count). The van der Waals surface area contributed by atoms with Gasteiger partial charge in [-0.05, 0) is 6.54 Å². The second-order valence-electron chi connectivity index (χ2n) is 3.83. The Kier molecular flexibility index (Phi) is 4.70. The Morgan fingerprint density at radius 1 is 1.38 bits per heavy atom. The van der Waals surface area contributed by atoms with E-state index in [1.807, 2.05) is 6.92 Å². The van der Waals surface area contributed by atoms with Crippen LogP contribution < -0.4 is 10.6 Å². The number of aliphatic carboxylic acids is 1. The van der Waals surface area contributed by atoms with Gasteiger partial charge in [0.2, 0.25) is 5.91 Å². The summed E-state index contributed by atoms with van der Waals surface area (Å²) in [6, 6.07) is 0. The molecule has 1 fully saturated rings. The number of hydrogen-bond donors (Lipinski definition) is 3. The number of carboxylic acids is 1. The number of hydrogen-bond acceptors (Lipinski definition) is 4. The summed E-state index contributed by atoms with van der Waals surface area (Å²) in [7, 11) is 0. The molecule has 1 saturated heterocycles. The Labute approximate surface area is 94.3 Å². The van der Waals surface area contributed by atoms with Crippen molar-refractivity contribution in [3.05, 3.63) is 0 Å². The highest BCUT2D eigenvalue weighted by Gasteiger charge is 2.41. The molecular formula is C10H18N2O4. The Morgan fingerprint density at radius 3 is 2.50 bits per heavy atom. The van der Waals surface area contributed by atoms with E-state index in [2.05, 4.69) is 10.6 Å². The first-order valence-electron chi connectivity index (χ1n) is 5.43. The van der Waals surface area contributed by atoms with E-state index in [1.165, 1.54) is 0 Å². The van der Waals surface area contributed by atoms with Crippen molar-refractivity contribution in [3.8, 4) is 0 Å². The van der Waals surface area contributed by atoms with Gasteiger partial charge < -0.3 is 20.5 Å². The minimum absolute atomic E-state index is 0.145. The van der Waals surface area contributed by atoms with Crippen LogP contribution in [-0.4, -0.2) is 48.8 Å². The van der Waals surface area contributed by atoms with Crippen molar-refractivity contribution in [2.45, 2.75) is 25.3 Å². The van der Waals surface area contributed by atoms with Crippen LogP contribution in [0.15, 0.2) is 0 Å². The number of carboxylic acid groups (broad SMARTS) is 1. The van der Waals surface area contributed by atoms with Crippen LogP contribution in [0, 0.1) is 0 Å². The lowest BCUT2D eigenvalue weighted by Crippen LogP contribution is -2.58. The Hall–Kier alpha value is -1.14. The second kappa shape index (κ2) is 5.81. The molecule has 0 radical (unpaired) electrons. The van der Waals surface area contributed by atoms with Gasteiger partial charge in [-0.2, -0.15) is 0 Å². The number of carbonyl (C=O) groups is 2. The molecule has 92 valence electrons. The molecule has 6 heteroatoms. The maximum Gasteiger partial charge on any atom is 0.329 e. The van der Waals surface area contributed by atoms with Crippen molar-refractivity contribution in [1.82, 2.24) is 10.6 Å². The fraction of sp³-hybridized carbons (Fsp3) is 0.800. The van der Waals surface area contributed by atoms with Crippen molar-refractivity contribution in [3.63, 3.8) is 0 Å². The van der Waals surface area contributed by atoms with Crippen molar-refractivity contribution in [2.75, 3.05) is 26.3 Å². The third-order valence-corrected chi connectivity index (χ3v) is 2.67. The summed E-state index contributed by atoms with van der Waals surface area (Å²) in [5, 5.41) is 14.6. The standard InChI is InChI=1S/C10H18N2O4/c1-2-11-7-8(13)12-10(9(14)15)3-5-16-6-4-10/h11H,2-7H2,1H3,(H,12,13)(H,14,15). The molecule has 0 aromatic heterocycles. The van der Waals surface area contributed by atoms with E-state index < -0.39 is 11.5 Å². The molecule has 1 aliphatic heterocycles. The van der Waals surface area contributed by atoms with Crippen LogP contribution in [0.3, 0.4) is 0 Å². The topological polar surface area (TPSA) is 87.7 Å². The normalized spacial score (nSPS) is 19.1. The average Bonchev–Trinajstić information content (AvgIpc) is 2.27. The molecule has 6 nitrogen and oxygen atoms in total. The van der Waals surface area contributed by atoms with Gasteiger partial charge in [-0.25, -0.2) is 4.79 Å². The molecule has 3 N–H and O–H groups in total. The lowest BCUT2D eigenvalue weighted by atomic mass is 9.90. The number of rotatable bonds is 5. The smallest absolute Gasteiger partial charge is 0.329 e. The van der Waals surface area contributed by atoms with Crippen molar-refractivity contribution in [1.29, 1.82) is 0 Å². The van der Waals surface area contributed by atoms with Gasteiger partial charge in [0.25, 0.3) is 0 Å². The molecule has 0 aromatic carbocycles. The van der Waals surface area contributed by atoms with Gasteiger partial charge in [0.05, 0.1) is 6.54 Å². The highest BCUT2D eigenvalue weighted by atomic mass is 16.5. The lowest BCUT2D eigenvalue weighted by Gasteiger charge is -2.33. The first-order valence-corrected chi connectivity index (χ1v) is 5.43. The number of ether oxygens (including phenoxy) is 1. The highest BCUT2D eigenvalue weighted by Crippen LogP contribution is 2.20. The zero-order valence-electron chi connectivity index (χ0n) is 9.41. The molecule has 1 amide bonds. The largest absolute Gasteiger partial charge is 0.480 e. The van der Waals surface area contributed by atoms with Gasteiger partial charge in [-0.1, -0.05) is 6.92 Å². The molecule has 0 aromatic rings. The van der Waals surface area contributed by atoms with Gasteiger partial charge >= 0.3 is 5.97 Å². The first-order chi connectivity index (χ1) is 7.60. The van der Waals surface area contributed by atoms with Crippen molar-refractivity contribution < 1.29 is 19.4 Å². The summed E-state index contributed by atoms with van der Waals surface area (Å²) < 4.78 is 5.11. The van der Waals surface area contributed by atoms with Gasteiger partial charge in [-0.3, -0.25) is 4.79 Å². The molecule has 1 aliphatic rings. The van der Waals surface area contributed by atoms with Gasteiger partial charge in [0, 0.05) is 26.1 Å². The summed E-state index contributed by atoms with van der Waals surface area (Å²) in [5.74, 6) is -1.27. The quantitative estimate of drug-likeness (QED) is 0.584. The van der Waals surface area contributed by atoms with Crippen molar-refractivity contribution >= 4 is 11.9 Å². The number of amides is 1. The van der Waals surface area contributed by atoms with Gasteiger partial charge in [0.1, 0.15) is 5.54 Å². The highest BCUT2D eigenvalue weighted by molar-refractivity contribution is 5.88. The van der Waals surface area contributed by atoms with E-state index in [0.717, 1.165) is 0 Å². The average molecular weight is 230 g/mol. The maximum absolute atomic E-state index is 11.5. The lowest BCUT2D eigenvalue weighted by molar-refractivity contribution is -0.152. The first kappa shape index (κ1) is 12.9. The van der Waals surface area contributed by atoms with Crippen LogP contribution in [0.4, 0.5) is 0 Å². The third-order valence-electron chi connectivity index (χ3n) is 2.67. The van der Waals surface area contributed by atoms with Crippen LogP contribution >= 0.6 is 0 Å². The zero-order chi connectivity index (χ0) is 12.0. The number of carbonyl (C=O) groups excluding carboxylic acids is 1. The van der Waals surface area contributed by atoms with Crippen LogP contribution in [0.1, 0.15) is 19.8 Å². The monoisotopic (exact) mass is 230 g/mol. The van der Waals surface area contributed by atoms with Gasteiger partial charge in [-0.15, -0.1) is 0 Å². The Balaban J connectivity index is 2.56. The molecule has 16 heavy (non-hydrogen) atoms. The summed E-state index contributed by atoms with van der Waals surface area (Å²) in [6.45, 7) is 3.44. The Morgan fingerprint density at radius 2 is 2.00 bits per heavy atom. The number of likely N-dealkylation sites (N-methyl/N-ethyl adjacent to an activating group) is 1. The molecule has 0 aliphatic carbocycles. The molecule has 0 unspecified atom stereocenters. The van der Waals surface area contributed by atoms with Crippen LogP contribution in [0.5, 0.6) is 0 Å². The van der Waals surface area contributed by atoms with E-state index in [0.29, 0.717) is 32.6 Å². The molecule has 1 heterocycles. The predicted molar refractivity (Wildman–Crippen MR) is 57.1 cm³/mol. The minimum Gasteiger partial charge on any atom is -0.480 e. The summed E-state index contributed by atoms with van der Waals surface area (Å²) in [4.78, 5) is 22.7. The van der Waals surface area contributed by atoms with Crippen LogP contribution in [0.25, 0.3) is 0 Å². The molecule has 0 bridgehead atoms. The van der Waals surface area contributed by atoms with E-state index in [9.17, 15) is 14.7 Å². The number of nitrogens with one attached hydrogen (secondary N) is 2. The van der Waals surface area contributed by atoms with Crippen LogP contribution in [-0.2, 0) is 14.3 Å². The van der Waals surface area contributed by atoms with E-state index in [-0.39, 0.29) is 12.5 Å². The summed E-state index contributed by atoms with van der Waals surface area (Å²) >= 11 is 0. The third kappa shape index (κ3) is 3.18. The minimum atomic E-state index is -1.15. The van der Waals surface area contributed by atoms with E-state index >= 15 is 0 Å². The summed E-state index contributed by atoms with van der Waals surface area (Å²) in [5.41, 5.74) is -1.15. The molecule has 0 spiro atoms. The van der Waals surface area contributed by atoms with Crippen molar-refractivity contribution in [2.24, 2.45) is 0 Å². The predicted octanol–water partition coefficient (Wildman–Crippen LogP) is -0.654. The zero-order valence-corrected chi connectivity index (χ0v) is 9.41. The maximum atomic E-state index is 11.5. The van der Waals surface area contributed by atoms with Crippen LogP contribution in [0.2, 0.25) is 0 Å². The van der Waals surface area contributed by atoms with E-state index in [4.69, 9.17) is 4.74 Å². The summed E-state index contributed by atoms with van der Waals surface area (Å²) in [6.07, 6.45) is 0.639. The van der Waals surface area contributed by atoms with E-state index in [1.54, 1.807) is 0 Å². The fourth-order valence-corrected chi connectivity index (χ4v) is 1.66. The van der Waals surface area contributed by atoms with Gasteiger partial charge in [0.15, 0.2) is 0 Å². The SMILES string of the molecule is CCNCC(=O)NC1(C(=O)O)CCOCC1. The fourth-order valence-electron chi connectivity index (χ4n) is 1.66. The molecule has 0 atom stereocenters.